The van der Waals surface area contributed by atoms with Crippen molar-refractivity contribution in [1.82, 2.24) is 0 Å². The highest BCUT2D eigenvalue weighted by Crippen LogP contribution is 2.28. The Labute approximate surface area is 93.2 Å². The fraction of sp³-hybridized carbons (Fsp3) is 0.167. The predicted molar refractivity (Wildman–Crippen MR) is 64.1 cm³/mol. The zero-order chi connectivity index (χ0) is 9.97. The van der Waals surface area contributed by atoms with Gasteiger partial charge in [0.15, 0.2) is 0 Å². The molecule has 0 aliphatic carbocycles. The number of benzene rings is 1. The molecule has 0 fully saturated rings. The first-order valence-corrected chi connectivity index (χ1v) is 5.83. The van der Waals surface area contributed by atoms with Gasteiger partial charge < -0.3 is 0 Å². The molecular weight excluding hydrogens is 212 g/mol. The molecular formula is C12H11ClS. The average molecular weight is 223 g/mol. The van der Waals surface area contributed by atoms with E-state index >= 15 is 0 Å². The van der Waals surface area contributed by atoms with Crippen LogP contribution in [0.2, 0.25) is 5.02 Å². The van der Waals surface area contributed by atoms with Gasteiger partial charge in [-0.15, -0.1) is 11.3 Å². The standard InChI is InChI=1S/C12H11ClS/c1-2-11-7-8-12(14-11)9-3-5-10(13)6-4-9/h3-8H,2H2,1H3. The van der Waals surface area contributed by atoms with E-state index in [1.807, 2.05) is 23.5 Å². The second-order valence-electron chi connectivity index (χ2n) is 3.13. The lowest BCUT2D eigenvalue weighted by atomic mass is 10.2. The third-order valence-electron chi connectivity index (χ3n) is 2.14. The lowest BCUT2D eigenvalue weighted by molar-refractivity contribution is 1.19. The molecule has 2 heteroatoms. The molecule has 0 bridgehead atoms. The summed E-state index contributed by atoms with van der Waals surface area (Å²) >= 11 is 7.68. The molecule has 0 aliphatic rings. The van der Waals surface area contributed by atoms with Crippen LogP contribution in [0.1, 0.15) is 11.8 Å². The van der Waals surface area contributed by atoms with Crippen molar-refractivity contribution in [3.63, 3.8) is 0 Å². The first-order valence-electron chi connectivity index (χ1n) is 4.64. The van der Waals surface area contributed by atoms with Gasteiger partial charge in [-0.25, -0.2) is 0 Å². The summed E-state index contributed by atoms with van der Waals surface area (Å²) in [4.78, 5) is 2.74. The van der Waals surface area contributed by atoms with Gasteiger partial charge in [-0.1, -0.05) is 30.7 Å². The van der Waals surface area contributed by atoms with E-state index in [4.69, 9.17) is 11.6 Å². The summed E-state index contributed by atoms with van der Waals surface area (Å²) in [7, 11) is 0. The van der Waals surface area contributed by atoms with E-state index in [9.17, 15) is 0 Å². The van der Waals surface area contributed by atoms with Crippen LogP contribution in [-0.4, -0.2) is 0 Å². The number of aryl methyl sites for hydroxylation is 1. The van der Waals surface area contributed by atoms with E-state index in [2.05, 4.69) is 31.2 Å². The molecule has 0 unspecified atom stereocenters. The van der Waals surface area contributed by atoms with Gasteiger partial charge in [-0.2, -0.15) is 0 Å². The van der Waals surface area contributed by atoms with E-state index in [1.54, 1.807) is 0 Å². The van der Waals surface area contributed by atoms with Crippen molar-refractivity contribution in [3.05, 3.63) is 46.3 Å². The topological polar surface area (TPSA) is 0 Å². The predicted octanol–water partition coefficient (Wildman–Crippen LogP) is 4.63. The van der Waals surface area contributed by atoms with Gasteiger partial charge in [0.2, 0.25) is 0 Å². The maximum absolute atomic E-state index is 5.84. The first kappa shape index (κ1) is 9.75. The zero-order valence-electron chi connectivity index (χ0n) is 7.96. The highest BCUT2D eigenvalue weighted by molar-refractivity contribution is 7.15. The Hall–Kier alpha value is -0.790. The molecule has 0 saturated carbocycles. The Morgan fingerprint density at radius 1 is 1.07 bits per heavy atom. The van der Waals surface area contributed by atoms with Gasteiger partial charge in [-0.05, 0) is 36.2 Å². The van der Waals surface area contributed by atoms with Crippen LogP contribution in [-0.2, 0) is 6.42 Å². The lowest BCUT2D eigenvalue weighted by Crippen LogP contribution is -1.70. The van der Waals surface area contributed by atoms with Gasteiger partial charge in [-0.3, -0.25) is 0 Å². The minimum Gasteiger partial charge on any atom is -0.140 e. The Bertz CT molecular complexity index is 414. The van der Waals surface area contributed by atoms with Crippen LogP contribution in [0, 0.1) is 0 Å². The molecule has 0 aliphatic heterocycles. The molecule has 0 spiro atoms. The number of hydrogen-bond acceptors (Lipinski definition) is 1. The summed E-state index contributed by atoms with van der Waals surface area (Å²) in [6.07, 6.45) is 1.11. The molecule has 0 amide bonds. The van der Waals surface area contributed by atoms with Crippen molar-refractivity contribution in [2.45, 2.75) is 13.3 Å². The summed E-state index contributed by atoms with van der Waals surface area (Å²) in [5.74, 6) is 0. The van der Waals surface area contributed by atoms with Crippen molar-refractivity contribution in [2.24, 2.45) is 0 Å². The third-order valence-corrected chi connectivity index (χ3v) is 3.67. The van der Waals surface area contributed by atoms with Gasteiger partial charge >= 0.3 is 0 Å². The minimum absolute atomic E-state index is 0.793. The molecule has 2 rings (SSSR count). The molecule has 1 heterocycles. The number of thiophene rings is 1. The smallest absolute Gasteiger partial charge is 0.0406 e. The highest BCUT2D eigenvalue weighted by atomic mass is 35.5. The maximum Gasteiger partial charge on any atom is 0.0406 e. The fourth-order valence-electron chi connectivity index (χ4n) is 1.34. The van der Waals surface area contributed by atoms with Crippen LogP contribution in [0.3, 0.4) is 0 Å². The van der Waals surface area contributed by atoms with Gasteiger partial charge in [0.1, 0.15) is 0 Å². The summed E-state index contributed by atoms with van der Waals surface area (Å²) in [5, 5.41) is 0.793. The maximum atomic E-state index is 5.84. The Morgan fingerprint density at radius 3 is 2.36 bits per heavy atom. The monoisotopic (exact) mass is 222 g/mol. The number of hydrogen-bond donors (Lipinski definition) is 0. The summed E-state index contributed by atoms with van der Waals surface area (Å²) in [5.41, 5.74) is 1.25. The van der Waals surface area contributed by atoms with E-state index < -0.39 is 0 Å². The second kappa shape index (κ2) is 4.16. The normalized spacial score (nSPS) is 10.4. The van der Waals surface area contributed by atoms with Gasteiger partial charge in [0.05, 0.1) is 0 Å². The summed E-state index contributed by atoms with van der Waals surface area (Å²) < 4.78 is 0. The fourth-order valence-corrected chi connectivity index (χ4v) is 2.42. The number of halogens is 1. The van der Waals surface area contributed by atoms with Crippen molar-refractivity contribution in [1.29, 1.82) is 0 Å². The molecule has 1 aromatic heterocycles. The molecule has 0 saturated heterocycles. The molecule has 0 nitrogen and oxygen atoms in total. The average Bonchev–Trinajstić information content (AvgIpc) is 2.67. The summed E-state index contributed by atoms with van der Waals surface area (Å²) in [6.45, 7) is 2.18. The molecule has 2 aromatic rings. The molecule has 0 N–H and O–H groups in total. The second-order valence-corrected chi connectivity index (χ2v) is 4.73. The van der Waals surface area contributed by atoms with Crippen LogP contribution in [0.4, 0.5) is 0 Å². The van der Waals surface area contributed by atoms with Gasteiger partial charge in [0.25, 0.3) is 0 Å². The summed E-state index contributed by atoms with van der Waals surface area (Å²) in [6, 6.07) is 12.4. The Morgan fingerprint density at radius 2 is 1.79 bits per heavy atom. The van der Waals surface area contributed by atoms with E-state index in [0.29, 0.717) is 0 Å². The Balaban J connectivity index is 2.34. The van der Waals surface area contributed by atoms with Crippen molar-refractivity contribution in [3.8, 4) is 10.4 Å². The highest BCUT2D eigenvalue weighted by Gasteiger charge is 2.00. The van der Waals surface area contributed by atoms with Crippen molar-refractivity contribution < 1.29 is 0 Å². The van der Waals surface area contributed by atoms with Crippen molar-refractivity contribution >= 4 is 22.9 Å². The minimum atomic E-state index is 0.793. The van der Waals surface area contributed by atoms with E-state index in [-0.39, 0.29) is 0 Å². The van der Waals surface area contributed by atoms with Crippen LogP contribution >= 0.6 is 22.9 Å². The van der Waals surface area contributed by atoms with Crippen LogP contribution in [0.15, 0.2) is 36.4 Å². The molecule has 14 heavy (non-hydrogen) atoms. The quantitative estimate of drug-likeness (QED) is 0.695. The SMILES string of the molecule is CCc1ccc(-c2ccc(Cl)cc2)s1. The largest absolute Gasteiger partial charge is 0.140 e. The number of rotatable bonds is 2. The lowest BCUT2D eigenvalue weighted by Gasteiger charge is -1.96. The molecule has 72 valence electrons. The molecule has 0 radical (unpaired) electrons. The Kier molecular flexibility index (Phi) is 2.90. The van der Waals surface area contributed by atoms with Crippen LogP contribution in [0.5, 0.6) is 0 Å². The van der Waals surface area contributed by atoms with Crippen LogP contribution < -0.4 is 0 Å². The van der Waals surface area contributed by atoms with E-state index in [0.717, 1.165) is 11.4 Å². The third kappa shape index (κ3) is 1.99. The van der Waals surface area contributed by atoms with Crippen LogP contribution in [0.25, 0.3) is 10.4 Å². The van der Waals surface area contributed by atoms with E-state index in [1.165, 1.54) is 15.3 Å². The first-order chi connectivity index (χ1) is 6.79. The van der Waals surface area contributed by atoms with Gasteiger partial charge in [0, 0.05) is 14.8 Å². The zero-order valence-corrected chi connectivity index (χ0v) is 9.53. The van der Waals surface area contributed by atoms with Crippen molar-refractivity contribution in [2.75, 3.05) is 0 Å². The molecule has 1 aromatic carbocycles. The molecule has 0 atom stereocenters.